The minimum atomic E-state index is -0.833. The summed E-state index contributed by atoms with van der Waals surface area (Å²) in [7, 11) is 0. The number of carbonyl (C=O) groups excluding carboxylic acids is 1. The summed E-state index contributed by atoms with van der Waals surface area (Å²) in [5.74, 6) is -0.706. The van der Waals surface area contributed by atoms with Crippen LogP contribution in [0, 0.1) is 0 Å². The summed E-state index contributed by atoms with van der Waals surface area (Å²) in [4.78, 5) is 19.3. The average Bonchev–Trinajstić information content (AvgIpc) is 2.05. The summed E-state index contributed by atoms with van der Waals surface area (Å²) in [5, 5.41) is 10.1. The van der Waals surface area contributed by atoms with Gasteiger partial charge in [-0.05, 0) is 13.5 Å². The molecule has 0 fully saturated rings. The van der Waals surface area contributed by atoms with Crippen molar-refractivity contribution in [1.29, 1.82) is 0 Å². The molecule has 6 heteroatoms. The molecule has 6 N–H and O–H groups in total. The molecular weight excluding hydrogens is 200 g/mol. The highest BCUT2D eigenvalue weighted by Crippen LogP contribution is 1.70. The highest BCUT2D eigenvalue weighted by Gasteiger charge is 1.88. The SMILES string of the molecule is CC(=O)O.CCN.CCNC(=O)CC.O. The summed E-state index contributed by atoms with van der Waals surface area (Å²) >= 11 is 0. The van der Waals surface area contributed by atoms with Crippen molar-refractivity contribution in [2.75, 3.05) is 13.1 Å². The van der Waals surface area contributed by atoms with Crippen molar-refractivity contribution in [3.05, 3.63) is 0 Å². The smallest absolute Gasteiger partial charge is 0.300 e. The second-order valence-corrected chi connectivity index (χ2v) is 2.23. The predicted molar refractivity (Wildman–Crippen MR) is 60.6 cm³/mol. The molecule has 0 aromatic carbocycles. The first-order valence-electron chi connectivity index (χ1n) is 4.62. The van der Waals surface area contributed by atoms with Gasteiger partial charge in [-0.3, -0.25) is 9.59 Å². The molecular formula is C9H24N2O4. The van der Waals surface area contributed by atoms with E-state index in [1.54, 1.807) is 0 Å². The van der Waals surface area contributed by atoms with Gasteiger partial charge in [-0.1, -0.05) is 13.8 Å². The number of rotatable bonds is 2. The molecule has 0 heterocycles. The van der Waals surface area contributed by atoms with E-state index in [1.807, 2.05) is 20.8 Å². The van der Waals surface area contributed by atoms with Crippen LogP contribution in [0.2, 0.25) is 0 Å². The molecule has 6 nitrogen and oxygen atoms in total. The number of carboxylic acids is 1. The van der Waals surface area contributed by atoms with Crippen molar-refractivity contribution in [1.82, 2.24) is 5.32 Å². The molecule has 94 valence electrons. The molecule has 0 aliphatic carbocycles. The van der Waals surface area contributed by atoms with Crippen LogP contribution in [0.1, 0.15) is 34.1 Å². The first kappa shape index (κ1) is 23.6. The van der Waals surface area contributed by atoms with Gasteiger partial charge in [0.05, 0.1) is 0 Å². The molecule has 1 amide bonds. The van der Waals surface area contributed by atoms with Crippen LogP contribution in [0.15, 0.2) is 0 Å². The fourth-order valence-electron chi connectivity index (χ4n) is 0.322. The molecule has 0 aromatic rings. The van der Waals surface area contributed by atoms with E-state index in [-0.39, 0.29) is 11.4 Å². The van der Waals surface area contributed by atoms with Crippen molar-refractivity contribution in [2.24, 2.45) is 5.73 Å². The van der Waals surface area contributed by atoms with Gasteiger partial charge in [-0.2, -0.15) is 0 Å². The van der Waals surface area contributed by atoms with Gasteiger partial charge < -0.3 is 21.6 Å². The van der Waals surface area contributed by atoms with Crippen molar-refractivity contribution < 1.29 is 20.2 Å². The van der Waals surface area contributed by atoms with Crippen molar-refractivity contribution in [3.63, 3.8) is 0 Å². The molecule has 0 unspecified atom stereocenters. The molecule has 15 heavy (non-hydrogen) atoms. The van der Waals surface area contributed by atoms with Crippen LogP contribution in [0.25, 0.3) is 0 Å². The Balaban J connectivity index is -0.0000000654. The van der Waals surface area contributed by atoms with E-state index in [0.29, 0.717) is 6.42 Å². The zero-order valence-electron chi connectivity index (χ0n) is 9.96. The molecule has 0 bridgehead atoms. The fourth-order valence-corrected chi connectivity index (χ4v) is 0.322. The van der Waals surface area contributed by atoms with Gasteiger partial charge >= 0.3 is 0 Å². The van der Waals surface area contributed by atoms with Gasteiger partial charge in [0.2, 0.25) is 5.91 Å². The Morgan fingerprint density at radius 2 is 1.53 bits per heavy atom. The van der Waals surface area contributed by atoms with Crippen LogP contribution in [-0.4, -0.2) is 35.5 Å². The standard InChI is InChI=1S/C5H11NO.C2H7N.C2H4O2.H2O/c1-3-5(7)6-4-2;1-2-3;1-2(3)4;/h3-4H2,1-2H3,(H,6,7);2-3H2,1H3;1H3,(H,3,4);1H2. The molecule has 0 spiro atoms. The third-order valence-electron chi connectivity index (χ3n) is 0.695. The lowest BCUT2D eigenvalue weighted by atomic mass is 10.4. The highest BCUT2D eigenvalue weighted by molar-refractivity contribution is 5.75. The number of amides is 1. The third-order valence-corrected chi connectivity index (χ3v) is 0.695. The number of nitrogens with one attached hydrogen (secondary N) is 1. The van der Waals surface area contributed by atoms with E-state index < -0.39 is 5.97 Å². The molecule has 0 aliphatic rings. The largest absolute Gasteiger partial charge is 0.481 e. The summed E-state index contributed by atoms with van der Waals surface area (Å²) in [6.45, 7) is 8.23. The van der Waals surface area contributed by atoms with Crippen LogP contribution in [-0.2, 0) is 9.59 Å². The number of hydrogen-bond acceptors (Lipinski definition) is 3. The van der Waals surface area contributed by atoms with Crippen LogP contribution < -0.4 is 11.1 Å². The topological polar surface area (TPSA) is 124 Å². The minimum absolute atomic E-state index is 0. The Hall–Kier alpha value is -1.14. The monoisotopic (exact) mass is 224 g/mol. The summed E-state index contributed by atoms with van der Waals surface area (Å²) in [6, 6.07) is 0. The number of carboxylic acid groups (broad SMARTS) is 1. The van der Waals surface area contributed by atoms with E-state index in [1.165, 1.54) is 0 Å². The first-order chi connectivity index (χ1) is 6.45. The minimum Gasteiger partial charge on any atom is -0.481 e. The lowest BCUT2D eigenvalue weighted by Crippen LogP contribution is -2.20. The number of hydrogen-bond donors (Lipinski definition) is 3. The van der Waals surface area contributed by atoms with Crippen LogP contribution in [0.4, 0.5) is 0 Å². The van der Waals surface area contributed by atoms with E-state index in [9.17, 15) is 4.79 Å². The van der Waals surface area contributed by atoms with Gasteiger partial charge in [-0.15, -0.1) is 0 Å². The van der Waals surface area contributed by atoms with E-state index in [0.717, 1.165) is 20.0 Å². The summed E-state index contributed by atoms with van der Waals surface area (Å²) in [6.07, 6.45) is 0.591. The Labute approximate surface area is 91.2 Å². The zero-order chi connectivity index (χ0) is 12.0. The Morgan fingerprint density at radius 3 is 1.60 bits per heavy atom. The molecule has 0 rings (SSSR count). The first-order valence-corrected chi connectivity index (χ1v) is 4.62. The zero-order valence-corrected chi connectivity index (χ0v) is 9.96. The number of carbonyl (C=O) groups is 2. The Morgan fingerprint density at radius 1 is 1.27 bits per heavy atom. The Kier molecular flexibility index (Phi) is 36.2. The van der Waals surface area contributed by atoms with Gasteiger partial charge in [0.25, 0.3) is 5.97 Å². The highest BCUT2D eigenvalue weighted by atomic mass is 16.4. The lowest BCUT2D eigenvalue weighted by molar-refractivity contribution is -0.134. The molecule has 0 saturated carbocycles. The Bertz CT molecular complexity index is 136. The third kappa shape index (κ3) is 102. The maximum atomic E-state index is 10.3. The molecule has 0 aromatic heterocycles. The summed E-state index contributed by atoms with van der Waals surface area (Å²) in [5.41, 5.74) is 4.85. The van der Waals surface area contributed by atoms with E-state index in [4.69, 9.17) is 15.6 Å². The average molecular weight is 224 g/mol. The molecule has 0 atom stereocenters. The maximum absolute atomic E-state index is 10.3. The molecule has 0 radical (unpaired) electrons. The molecule has 0 saturated heterocycles. The number of nitrogens with two attached hydrogens (primary N) is 1. The van der Waals surface area contributed by atoms with Crippen molar-refractivity contribution in [2.45, 2.75) is 34.1 Å². The quantitative estimate of drug-likeness (QED) is 0.598. The van der Waals surface area contributed by atoms with E-state index >= 15 is 0 Å². The predicted octanol–water partition coefficient (Wildman–Crippen LogP) is -0.236. The van der Waals surface area contributed by atoms with Crippen LogP contribution >= 0.6 is 0 Å². The van der Waals surface area contributed by atoms with Gasteiger partial charge in [0.15, 0.2) is 0 Å². The van der Waals surface area contributed by atoms with Gasteiger partial charge in [0.1, 0.15) is 0 Å². The lowest BCUT2D eigenvalue weighted by Gasteiger charge is -1.93. The van der Waals surface area contributed by atoms with Crippen LogP contribution in [0.5, 0.6) is 0 Å². The van der Waals surface area contributed by atoms with Crippen molar-refractivity contribution >= 4 is 11.9 Å². The van der Waals surface area contributed by atoms with Gasteiger partial charge in [-0.25, -0.2) is 0 Å². The van der Waals surface area contributed by atoms with Crippen LogP contribution in [0.3, 0.4) is 0 Å². The van der Waals surface area contributed by atoms with Gasteiger partial charge in [0, 0.05) is 19.9 Å². The maximum Gasteiger partial charge on any atom is 0.300 e. The molecule has 0 aliphatic heterocycles. The number of aliphatic carboxylic acids is 1. The summed E-state index contributed by atoms with van der Waals surface area (Å²) < 4.78 is 0. The normalized spacial score (nSPS) is 6.73. The fraction of sp³-hybridized carbons (Fsp3) is 0.778. The second kappa shape index (κ2) is 23.0. The second-order valence-electron chi connectivity index (χ2n) is 2.23. The van der Waals surface area contributed by atoms with E-state index in [2.05, 4.69) is 5.32 Å². The van der Waals surface area contributed by atoms with Crippen molar-refractivity contribution in [3.8, 4) is 0 Å².